The number of nitrogens with zero attached hydrogens (tertiary/aromatic N) is 4. The van der Waals surface area contributed by atoms with Crippen LogP contribution in [-0.4, -0.2) is 50.3 Å². The molecule has 1 fully saturated rings. The number of carbonyl (C=O) groups is 2. The van der Waals surface area contributed by atoms with Gasteiger partial charge in [0.1, 0.15) is 5.69 Å². The van der Waals surface area contributed by atoms with Crippen molar-refractivity contribution in [2.24, 2.45) is 0 Å². The first-order chi connectivity index (χ1) is 11.0. The molecule has 0 spiro atoms. The van der Waals surface area contributed by atoms with E-state index in [1.165, 1.54) is 0 Å². The fourth-order valence-electron chi connectivity index (χ4n) is 3.61. The molecule has 6 nitrogen and oxygen atoms in total. The molecular formula is C16H18N4O2S. The molecule has 7 heteroatoms. The molecule has 2 unspecified atom stereocenters. The number of hydrogen-bond donors (Lipinski definition) is 0. The summed E-state index contributed by atoms with van der Waals surface area (Å²) in [6.45, 7) is 5.30. The summed E-state index contributed by atoms with van der Waals surface area (Å²) in [6, 6.07) is 3.89. The van der Waals surface area contributed by atoms with Gasteiger partial charge in [0.2, 0.25) is 5.91 Å². The SMILES string of the molecule is CC(=O)N1CC2C(C1)n1cccc1C(=O)N2Cc1csc(C)n1. The minimum Gasteiger partial charge on any atom is -0.339 e. The molecule has 0 aromatic carbocycles. The predicted molar refractivity (Wildman–Crippen MR) is 86.2 cm³/mol. The van der Waals surface area contributed by atoms with E-state index in [0.29, 0.717) is 25.3 Å². The molecule has 0 radical (unpaired) electrons. The largest absolute Gasteiger partial charge is 0.339 e. The third-order valence-corrected chi connectivity index (χ3v) is 5.54. The first kappa shape index (κ1) is 14.4. The van der Waals surface area contributed by atoms with E-state index >= 15 is 0 Å². The number of thiazole rings is 1. The van der Waals surface area contributed by atoms with Gasteiger partial charge in [0, 0.05) is 31.6 Å². The summed E-state index contributed by atoms with van der Waals surface area (Å²) in [4.78, 5) is 32.9. The number of fused-ring (bicyclic) bond motifs is 3. The number of carbonyl (C=O) groups excluding carboxylic acids is 2. The molecule has 2 atom stereocenters. The van der Waals surface area contributed by atoms with Crippen molar-refractivity contribution in [3.63, 3.8) is 0 Å². The van der Waals surface area contributed by atoms with E-state index < -0.39 is 0 Å². The summed E-state index contributed by atoms with van der Waals surface area (Å²) >= 11 is 1.59. The molecule has 23 heavy (non-hydrogen) atoms. The normalized spacial score (nSPS) is 23.1. The molecule has 2 aromatic heterocycles. The number of amides is 2. The zero-order chi connectivity index (χ0) is 16.1. The monoisotopic (exact) mass is 330 g/mol. The van der Waals surface area contributed by atoms with Crippen LogP contribution in [0.5, 0.6) is 0 Å². The molecule has 4 heterocycles. The Hall–Kier alpha value is -2.15. The number of rotatable bonds is 2. The number of likely N-dealkylation sites (tertiary alicyclic amines) is 1. The second kappa shape index (κ2) is 5.19. The molecule has 4 rings (SSSR count). The van der Waals surface area contributed by atoms with Crippen molar-refractivity contribution in [1.29, 1.82) is 0 Å². The maximum absolute atomic E-state index is 12.9. The third-order valence-electron chi connectivity index (χ3n) is 4.72. The van der Waals surface area contributed by atoms with E-state index in [4.69, 9.17) is 0 Å². The van der Waals surface area contributed by atoms with E-state index in [0.717, 1.165) is 10.7 Å². The highest BCUT2D eigenvalue weighted by Gasteiger charge is 2.45. The molecule has 2 aromatic rings. The lowest BCUT2D eigenvalue weighted by molar-refractivity contribution is -0.128. The molecule has 0 N–H and O–H groups in total. The lowest BCUT2D eigenvalue weighted by Gasteiger charge is -2.37. The van der Waals surface area contributed by atoms with Gasteiger partial charge in [-0.05, 0) is 19.1 Å². The zero-order valence-electron chi connectivity index (χ0n) is 13.1. The van der Waals surface area contributed by atoms with Gasteiger partial charge in [0.05, 0.1) is 29.3 Å². The smallest absolute Gasteiger partial charge is 0.271 e. The molecule has 0 aliphatic carbocycles. The van der Waals surface area contributed by atoms with E-state index in [1.54, 1.807) is 18.3 Å². The molecule has 0 saturated carbocycles. The van der Waals surface area contributed by atoms with Gasteiger partial charge in [-0.15, -0.1) is 11.3 Å². The summed E-state index contributed by atoms with van der Waals surface area (Å²) in [5.41, 5.74) is 1.62. The second-order valence-electron chi connectivity index (χ2n) is 6.15. The third kappa shape index (κ3) is 2.26. The van der Waals surface area contributed by atoms with Gasteiger partial charge in [-0.25, -0.2) is 4.98 Å². The zero-order valence-corrected chi connectivity index (χ0v) is 13.9. The van der Waals surface area contributed by atoms with Crippen molar-refractivity contribution in [1.82, 2.24) is 19.4 Å². The van der Waals surface area contributed by atoms with Crippen LogP contribution in [0.15, 0.2) is 23.7 Å². The highest BCUT2D eigenvalue weighted by Crippen LogP contribution is 2.34. The Balaban J connectivity index is 1.70. The first-order valence-corrected chi connectivity index (χ1v) is 8.57. The van der Waals surface area contributed by atoms with Crippen molar-refractivity contribution in [2.75, 3.05) is 13.1 Å². The van der Waals surface area contributed by atoms with Crippen LogP contribution in [0.1, 0.15) is 34.2 Å². The molecule has 0 bridgehead atoms. The second-order valence-corrected chi connectivity index (χ2v) is 7.21. The van der Waals surface area contributed by atoms with E-state index in [2.05, 4.69) is 4.98 Å². The quantitative estimate of drug-likeness (QED) is 0.842. The number of hydrogen-bond acceptors (Lipinski definition) is 4. The van der Waals surface area contributed by atoms with Crippen LogP contribution in [0.4, 0.5) is 0 Å². The van der Waals surface area contributed by atoms with Crippen LogP contribution in [0.25, 0.3) is 0 Å². The van der Waals surface area contributed by atoms with Crippen LogP contribution in [-0.2, 0) is 11.3 Å². The summed E-state index contributed by atoms with van der Waals surface area (Å²) in [5, 5.41) is 3.00. The van der Waals surface area contributed by atoms with Crippen molar-refractivity contribution >= 4 is 23.2 Å². The first-order valence-electron chi connectivity index (χ1n) is 7.69. The topological polar surface area (TPSA) is 58.4 Å². The highest BCUT2D eigenvalue weighted by atomic mass is 32.1. The number of aryl methyl sites for hydroxylation is 1. The Morgan fingerprint density at radius 2 is 2.17 bits per heavy atom. The standard InChI is InChI=1S/C16H18N4O2S/c1-10-17-12(9-23-10)6-20-15-8-18(11(2)21)7-14(15)19-5-3-4-13(19)16(20)22/h3-5,9,14-15H,6-8H2,1-2H3. The van der Waals surface area contributed by atoms with Crippen LogP contribution >= 0.6 is 11.3 Å². The average Bonchev–Trinajstić information content (AvgIpc) is 3.21. The Morgan fingerprint density at radius 3 is 2.87 bits per heavy atom. The Bertz CT molecular complexity index is 781. The van der Waals surface area contributed by atoms with Crippen LogP contribution < -0.4 is 0 Å². The molecule has 1 saturated heterocycles. The highest BCUT2D eigenvalue weighted by molar-refractivity contribution is 7.09. The molecule has 2 aliphatic heterocycles. The lowest BCUT2D eigenvalue weighted by Crippen LogP contribution is -2.49. The van der Waals surface area contributed by atoms with E-state index in [1.807, 2.05) is 45.0 Å². The van der Waals surface area contributed by atoms with Gasteiger partial charge in [-0.3, -0.25) is 9.59 Å². The fourth-order valence-corrected chi connectivity index (χ4v) is 4.22. The summed E-state index contributed by atoms with van der Waals surface area (Å²) in [5.74, 6) is 0.0808. The van der Waals surface area contributed by atoms with Crippen molar-refractivity contribution in [3.05, 3.63) is 40.1 Å². The van der Waals surface area contributed by atoms with Gasteiger partial charge >= 0.3 is 0 Å². The molecule has 2 aliphatic rings. The Kier molecular flexibility index (Phi) is 3.26. The summed E-state index contributed by atoms with van der Waals surface area (Å²) in [7, 11) is 0. The minimum absolute atomic E-state index is 0.00769. The maximum Gasteiger partial charge on any atom is 0.271 e. The van der Waals surface area contributed by atoms with Gasteiger partial charge in [0.25, 0.3) is 5.91 Å². The van der Waals surface area contributed by atoms with Gasteiger partial charge in [-0.1, -0.05) is 0 Å². The predicted octanol–water partition coefficient (Wildman–Crippen LogP) is 1.68. The van der Waals surface area contributed by atoms with Crippen LogP contribution in [0.2, 0.25) is 0 Å². The van der Waals surface area contributed by atoms with E-state index in [-0.39, 0.29) is 23.9 Å². The average molecular weight is 330 g/mol. The Morgan fingerprint density at radius 1 is 1.39 bits per heavy atom. The van der Waals surface area contributed by atoms with Gasteiger partial charge in [0.15, 0.2) is 0 Å². The van der Waals surface area contributed by atoms with E-state index in [9.17, 15) is 9.59 Å². The summed E-state index contributed by atoms with van der Waals surface area (Å²) in [6.07, 6.45) is 1.94. The molecule has 2 amide bonds. The Labute approximate surface area is 138 Å². The summed E-state index contributed by atoms with van der Waals surface area (Å²) < 4.78 is 2.03. The van der Waals surface area contributed by atoms with Crippen molar-refractivity contribution < 1.29 is 9.59 Å². The fraction of sp³-hybridized carbons (Fsp3) is 0.438. The maximum atomic E-state index is 12.9. The lowest BCUT2D eigenvalue weighted by atomic mass is 10.1. The molecule has 120 valence electrons. The molecular weight excluding hydrogens is 312 g/mol. The van der Waals surface area contributed by atoms with Crippen LogP contribution in [0, 0.1) is 6.92 Å². The number of aromatic nitrogens is 2. The van der Waals surface area contributed by atoms with Gasteiger partial charge < -0.3 is 14.4 Å². The van der Waals surface area contributed by atoms with Crippen molar-refractivity contribution in [3.8, 4) is 0 Å². The van der Waals surface area contributed by atoms with Gasteiger partial charge in [-0.2, -0.15) is 0 Å². The van der Waals surface area contributed by atoms with Crippen molar-refractivity contribution in [2.45, 2.75) is 32.5 Å². The van der Waals surface area contributed by atoms with Crippen LogP contribution in [0.3, 0.4) is 0 Å². The minimum atomic E-state index is 0.00769.